The summed E-state index contributed by atoms with van der Waals surface area (Å²) in [5.74, 6) is 1.01. The number of benzene rings is 1. The topological polar surface area (TPSA) is 30.2 Å². The maximum absolute atomic E-state index is 6.01. The lowest BCUT2D eigenvalue weighted by Gasteiger charge is -2.14. The van der Waals surface area contributed by atoms with Gasteiger partial charge in [-0.25, -0.2) is 0 Å². The predicted molar refractivity (Wildman–Crippen MR) is 89.2 cm³/mol. The summed E-state index contributed by atoms with van der Waals surface area (Å²) in [6.07, 6.45) is 4.21. The summed E-state index contributed by atoms with van der Waals surface area (Å²) in [7, 11) is 0. The largest absolute Gasteiger partial charge is 0.285 e. The molecule has 3 aromatic rings. The van der Waals surface area contributed by atoms with Crippen LogP contribution in [0.15, 0.2) is 49.2 Å². The summed E-state index contributed by atoms with van der Waals surface area (Å²) >= 11 is 6.01. The Morgan fingerprint density at radius 3 is 2.55 bits per heavy atom. The van der Waals surface area contributed by atoms with Gasteiger partial charge in [-0.05, 0) is 55.2 Å². The molecule has 110 valence electrons. The number of halogens is 1. The molecule has 3 nitrogen and oxygen atoms in total. The molecular weight excluding hydrogens is 294 g/mol. The summed E-state index contributed by atoms with van der Waals surface area (Å²) < 4.78 is 2.10. The molecule has 2 aromatic heterocycles. The number of hydrogen-bond donors (Lipinski definition) is 0. The normalized spacial score (nSPS) is 15.9. The maximum atomic E-state index is 6.01. The van der Waals surface area contributed by atoms with Crippen LogP contribution in [0.1, 0.15) is 36.7 Å². The smallest absolute Gasteiger partial charge is 0.168 e. The van der Waals surface area contributed by atoms with Gasteiger partial charge in [0.1, 0.15) is 5.82 Å². The molecule has 1 aliphatic carbocycles. The van der Waals surface area contributed by atoms with E-state index < -0.39 is 0 Å². The third-order valence-electron chi connectivity index (χ3n) is 4.47. The molecule has 2 heterocycles. The number of rotatable bonds is 3. The van der Waals surface area contributed by atoms with Gasteiger partial charge in [0.05, 0.1) is 5.41 Å². The first kappa shape index (κ1) is 13.5. The molecule has 0 N–H and O–H groups in total. The van der Waals surface area contributed by atoms with Crippen LogP contribution in [0, 0.1) is 0 Å². The van der Waals surface area contributed by atoms with Crippen LogP contribution in [0.3, 0.4) is 0 Å². The standard InChI is InChI=1S/C18H16ClN3/c1-12(2)15-4-3-11-22-16(15)20-21-17(22)18(9-10-18)13-5-7-14(19)8-6-13/h3-8,11H,1,9-10H2,2H3. The Morgan fingerprint density at radius 2 is 1.91 bits per heavy atom. The van der Waals surface area contributed by atoms with E-state index in [1.807, 2.05) is 37.4 Å². The first-order chi connectivity index (χ1) is 10.6. The van der Waals surface area contributed by atoms with Crippen LogP contribution in [-0.2, 0) is 5.41 Å². The molecule has 4 heteroatoms. The molecule has 0 spiro atoms. The Hall–Kier alpha value is -2.13. The van der Waals surface area contributed by atoms with E-state index in [2.05, 4.69) is 33.3 Å². The van der Waals surface area contributed by atoms with E-state index >= 15 is 0 Å². The molecule has 0 atom stereocenters. The zero-order valence-electron chi connectivity index (χ0n) is 12.4. The van der Waals surface area contributed by atoms with E-state index in [0.29, 0.717) is 0 Å². The Bertz CT molecular complexity index is 873. The molecule has 0 unspecified atom stereocenters. The lowest BCUT2D eigenvalue weighted by molar-refractivity contribution is 0.740. The van der Waals surface area contributed by atoms with E-state index in [-0.39, 0.29) is 5.41 Å². The van der Waals surface area contributed by atoms with Crippen LogP contribution < -0.4 is 0 Å². The van der Waals surface area contributed by atoms with Gasteiger partial charge >= 0.3 is 0 Å². The SMILES string of the molecule is C=C(C)c1cccn2c(C3(c4ccc(Cl)cc4)CC3)nnc12. The van der Waals surface area contributed by atoms with Crippen molar-refractivity contribution in [3.05, 3.63) is 71.1 Å². The van der Waals surface area contributed by atoms with E-state index in [9.17, 15) is 0 Å². The third-order valence-corrected chi connectivity index (χ3v) is 4.72. The molecule has 0 amide bonds. The number of fused-ring (bicyclic) bond motifs is 1. The molecule has 22 heavy (non-hydrogen) atoms. The van der Waals surface area contributed by atoms with Crippen molar-refractivity contribution in [2.45, 2.75) is 25.2 Å². The predicted octanol–water partition coefficient (Wildman–Crippen LogP) is 4.50. The van der Waals surface area contributed by atoms with Gasteiger partial charge < -0.3 is 0 Å². The van der Waals surface area contributed by atoms with Gasteiger partial charge in [-0.2, -0.15) is 0 Å². The molecular formula is C18H16ClN3. The van der Waals surface area contributed by atoms with Crippen molar-refractivity contribution < 1.29 is 0 Å². The highest BCUT2D eigenvalue weighted by Gasteiger charge is 2.49. The van der Waals surface area contributed by atoms with Gasteiger partial charge in [0.2, 0.25) is 0 Å². The van der Waals surface area contributed by atoms with Crippen molar-refractivity contribution in [1.29, 1.82) is 0 Å². The first-order valence-corrected chi connectivity index (χ1v) is 7.76. The van der Waals surface area contributed by atoms with Crippen LogP contribution in [-0.4, -0.2) is 14.6 Å². The molecule has 0 aliphatic heterocycles. The van der Waals surface area contributed by atoms with Crippen molar-refractivity contribution in [2.75, 3.05) is 0 Å². The Balaban J connectivity index is 1.90. The summed E-state index contributed by atoms with van der Waals surface area (Å²) in [6, 6.07) is 12.1. The lowest BCUT2D eigenvalue weighted by Crippen LogP contribution is -2.13. The van der Waals surface area contributed by atoms with Gasteiger partial charge in [0.25, 0.3) is 0 Å². The second kappa shape index (κ2) is 4.68. The van der Waals surface area contributed by atoms with Crippen LogP contribution in [0.4, 0.5) is 0 Å². The van der Waals surface area contributed by atoms with E-state index in [0.717, 1.165) is 40.5 Å². The molecule has 1 aromatic carbocycles. The molecule has 0 saturated heterocycles. The average molecular weight is 310 g/mol. The van der Waals surface area contributed by atoms with Gasteiger partial charge in [0, 0.05) is 16.8 Å². The Kier molecular flexibility index (Phi) is 2.88. The number of pyridine rings is 1. The van der Waals surface area contributed by atoms with E-state index in [1.54, 1.807) is 0 Å². The first-order valence-electron chi connectivity index (χ1n) is 7.38. The van der Waals surface area contributed by atoms with Gasteiger partial charge in [-0.3, -0.25) is 4.40 Å². The minimum absolute atomic E-state index is 0.0301. The van der Waals surface area contributed by atoms with Crippen molar-refractivity contribution in [3.8, 4) is 0 Å². The number of aromatic nitrogens is 3. The van der Waals surface area contributed by atoms with Gasteiger partial charge in [-0.15, -0.1) is 10.2 Å². The van der Waals surface area contributed by atoms with E-state index in [4.69, 9.17) is 11.6 Å². The summed E-state index contributed by atoms with van der Waals surface area (Å²) in [5, 5.41) is 9.68. The summed E-state index contributed by atoms with van der Waals surface area (Å²) in [6.45, 7) is 6.03. The summed E-state index contributed by atoms with van der Waals surface area (Å²) in [5.41, 5.74) is 4.16. The van der Waals surface area contributed by atoms with E-state index in [1.165, 1.54) is 5.56 Å². The Morgan fingerprint density at radius 1 is 1.18 bits per heavy atom. The molecule has 0 radical (unpaired) electrons. The molecule has 1 fully saturated rings. The van der Waals surface area contributed by atoms with Crippen molar-refractivity contribution in [3.63, 3.8) is 0 Å². The molecule has 0 bridgehead atoms. The van der Waals surface area contributed by atoms with Crippen LogP contribution in [0.5, 0.6) is 0 Å². The second-order valence-corrected chi connectivity index (χ2v) is 6.44. The average Bonchev–Trinajstić information content (AvgIpc) is 3.20. The quantitative estimate of drug-likeness (QED) is 0.713. The number of nitrogens with zero attached hydrogens (tertiary/aromatic N) is 3. The monoisotopic (exact) mass is 309 g/mol. The highest BCUT2D eigenvalue weighted by molar-refractivity contribution is 6.30. The molecule has 4 rings (SSSR count). The maximum Gasteiger partial charge on any atom is 0.168 e. The highest BCUT2D eigenvalue weighted by Crippen LogP contribution is 2.52. The summed E-state index contributed by atoms with van der Waals surface area (Å²) in [4.78, 5) is 0. The minimum atomic E-state index is -0.0301. The highest BCUT2D eigenvalue weighted by atomic mass is 35.5. The minimum Gasteiger partial charge on any atom is -0.285 e. The van der Waals surface area contributed by atoms with Crippen molar-refractivity contribution in [2.24, 2.45) is 0 Å². The molecule has 1 saturated carbocycles. The van der Waals surface area contributed by atoms with Crippen LogP contribution >= 0.6 is 11.6 Å². The zero-order chi connectivity index (χ0) is 15.3. The van der Waals surface area contributed by atoms with Gasteiger partial charge in [0.15, 0.2) is 5.65 Å². The Labute approximate surface area is 134 Å². The van der Waals surface area contributed by atoms with Gasteiger partial charge in [-0.1, -0.05) is 30.3 Å². The number of allylic oxidation sites excluding steroid dienone is 1. The van der Waals surface area contributed by atoms with Crippen LogP contribution in [0.2, 0.25) is 5.02 Å². The molecule has 1 aliphatic rings. The number of hydrogen-bond acceptors (Lipinski definition) is 2. The van der Waals surface area contributed by atoms with Crippen molar-refractivity contribution in [1.82, 2.24) is 14.6 Å². The fraction of sp³-hybridized carbons (Fsp3) is 0.222. The second-order valence-electron chi connectivity index (χ2n) is 6.01. The zero-order valence-corrected chi connectivity index (χ0v) is 13.1. The lowest BCUT2D eigenvalue weighted by atomic mass is 9.95. The third kappa shape index (κ3) is 1.89. The fourth-order valence-corrected chi connectivity index (χ4v) is 3.24. The fourth-order valence-electron chi connectivity index (χ4n) is 3.11. The van der Waals surface area contributed by atoms with Crippen LogP contribution in [0.25, 0.3) is 11.2 Å². The van der Waals surface area contributed by atoms with Crippen molar-refractivity contribution >= 4 is 22.8 Å².